The number of halogens is 2. The van der Waals surface area contributed by atoms with Crippen LogP contribution in [-0.2, 0) is 13.0 Å². The molecule has 4 rings (SSSR count). The predicted octanol–water partition coefficient (Wildman–Crippen LogP) is 6.43. The Kier molecular flexibility index (Phi) is 7.17. The number of aryl methyl sites for hydroxylation is 2. The maximum absolute atomic E-state index is 14.1. The van der Waals surface area contributed by atoms with E-state index in [0.717, 1.165) is 11.3 Å². The van der Waals surface area contributed by atoms with E-state index < -0.39 is 28.8 Å². The normalized spacial score (nSPS) is 12.2. The minimum Gasteiger partial charge on any atom is -0.485 e. The summed E-state index contributed by atoms with van der Waals surface area (Å²) >= 11 is 1.37. The Balaban J connectivity index is 1.67. The van der Waals surface area contributed by atoms with Gasteiger partial charge in [-0.3, -0.25) is 9.30 Å². The van der Waals surface area contributed by atoms with Crippen molar-refractivity contribution in [3.8, 4) is 16.5 Å². The number of ether oxygens (including phenoxy) is 1. The van der Waals surface area contributed by atoms with Gasteiger partial charge in [0.15, 0.2) is 16.4 Å². The van der Waals surface area contributed by atoms with Crippen molar-refractivity contribution >= 4 is 23.1 Å². The van der Waals surface area contributed by atoms with Gasteiger partial charge in [-0.15, -0.1) is 10.2 Å². The van der Waals surface area contributed by atoms with Crippen molar-refractivity contribution in [1.29, 1.82) is 0 Å². The summed E-state index contributed by atoms with van der Waals surface area (Å²) in [7, 11) is 0. The molecule has 3 aromatic heterocycles. The zero-order valence-corrected chi connectivity index (χ0v) is 23.3. The van der Waals surface area contributed by atoms with Crippen LogP contribution in [0.4, 0.5) is 13.6 Å². The number of amides is 1. The number of hydrogen-bond acceptors (Lipinski definition) is 6. The fraction of sp³-hybridized carbons (Fsp3) is 0.407. The van der Waals surface area contributed by atoms with Crippen molar-refractivity contribution in [3.63, 3.8) is 0 Å². The minimum absolute atomic E-state index is 0.155. The Hall–Kier alpha value is -3.60. The van der Waals surface area contributed by atoms with Crippen molar-refractivity contribution in [3.05, 3.63) is 63.9 Å². The highest BCUT2D eigenvalue weighted by molar-refractivity contribution is 7.14. The van der Waals surface area contributed by atoms with Crippen LogP contribution in [0, 0.1) is 25.5 Å². The van der Waals surface area contributed by atoms with Gasteiger partial charge in [0, 0.05) is 23.7 Å². The van der Waals surface area contributed by atoms with Gasteiger partial charge in [0.25, 0.3) is 0 Å². The average molecular weight is 544 g/mol. The SMILES string of the molecule is Cc1cc(OCc2c(F)cccc2F)c2nc(C)c(-c3nnc(CC(C)(C)N(C(=O)O)C(C)(C)C)s3)n2c1. The molecule has 1 aromatic carbocycles. The number of fused-ring (bicyclic) bond motifs is 1. The van der Waals surface area contributed by atoms with Gasteiger partial charge in [0.2, 0.25) is 0 Å². The molecule has 0 fully saturated rings. The first-order valence-corrected chi connectivity index (χ1v) is 12.9. The van der Waals surface area contributed by atoms with Crippen LogP contribution in [0.5, 0.6) is 5.75 Å². The molecule has 0 spiro atoms. The first-order valence-electron chi connectivity index (χ1n) is 12.1. The molecule has 8 nitrogen and oxygen atoms in total. The number of carbonyl (C=O) groups is 1. The second-order valence-corrected chi connectivity index (χ2v) is 12.0. The van der Waals surface area contributed by atoms with E-state index in [1.165, 1.54) is 34.4 Å². The number of pyridine rings is 1. The monoisotopic (exact) mass is 543 g/mol. The van der Waals surface area contributed by atoms with Crippen molar-refractivity contribution < 1.29 is 23.4 Å². The van der Waals surface area contributed by atoms with Gasteiger partial charge >= 0.3 is 6.09 Å². The molecule has 202 valence electrons. The molecule has 4 aromatic rings. The van der Waals surface area contributed by atoms with Crippen molar-refractivity contribution in [1.82, 2.24) is 24.5 Å². The van der Waals surface area contributed by atoms with E-state index in [-0.39, 0.29) is 12.2 Å². The Morgan fingerprint density at radius 2 is 1.79 bits per heavy atom. The van der Waals surface area contributed by atoms with E-state index in [2.05, 4.69) is 15.2 Å². The van der Waals surface area contributed by atoms with Crippen LogP contribution in [-0.4, -0.2) is 46.8 Å². The van der Waals surface area contributed by atoms with Crippen LogP contribution in [0.15, 0.2) is 30.5 Å². The van der Waals surface area contributed by atoms with E-state index in [1.54, 1.807) is 6.07 Å². The molecule has 0 saturated carbocycles. The van der Waals surface area contributed by atoms with Crippen LogP contribution in [0.2, 0.25) is 0 Å². The molecule has 1 N–H and O–H groups in total. The molecule has 0 bridgehead atoms. The molecule has 0 radical (unpaired) electrons. The van der Waals surface area contributed by atoms with E-state index >= 15 is 0 Å². The van der Waals surface area contributed by atoms with E-state index in [9.17, 15) is 18.7 Å². The standard InChI is InChI=1S/C27H31F2N5O3S/c1-15-11-20(37-14-17-18(28)9-8-10-19(17)29)23-30-16(2)22(33(23)13-15)24-32-31-21(38-24)12-27(6,7)34(25(35)36)26(3,4)5/h8-11,13H,12,14H2,1-7H3,(H,35,36). The highest BCUT2D eigenvalue weighted by Gasteiger charge is 2.39. The van der Waals surface area contributed by atoms with Crippen molar-refractivity contribution in [2.75, 3.05) is 0 Å². The number of carboxylic acid groups (broad SMARTS) is 1. The maximum Gasteiger partial charge on any atom is 0.408 e. The summed E-state index contributed by atoms with van der Waals surface area (Å²) in [6.45, 7) is 12.8. The molecule has 0 saturated heterocycles. The summed E-state index contributed by atoms with van der Waals surface area (Å²) in [6, 6.07) is 5.46. The molecule has 1 amide bonds. The topological polar surface area (TPSA) is 92.9 Å². The Morgan fingerprint density at radius 1 is 1.13 bits per heavy atom. The molecule has 0 aliphatic carbocycles. The minimum atomic E-state index is -0.997. The van der Waals surface area contributed by atoms with Crippen LogP contribution in [0.1, 0.15) is 56.4 Å². The highest BCUT2D eigenvalue weighted by atomic mass is 32.1. The maximum atomic E-state index is 14.1. The van der Waals surface area contributed by atoms with Gasteiger partial charge in [-0.1, -0.05) is 17.4 Å². The Bertz CT molecular complexity index is 1490. The average Bonchev–Trinajstić information content (AvgIpc) is 3.34. The molecular formula is C27H31F2N5O3S. The van der Waals surface area contributed by atoms with Gasteiger partial charge in [-0.2, -0.15) is 0 Å². The summed E-state index contributed by atoms with van der Waals surface area (Å²) in [5.74, 6) is -0.965. The van der Waals surface area contributed by atoms with Crippen LogP contribution in [0.3, 0.4) is 0 Å². The lowest BCUT2D eigenvalue weighted by Crippen LogP contribution is -2.57. The van der Waals surface area contributed by atoms with Gasteiger partial charge < -0.3 is 9.84 Å². The molecule has 11 heteroatoms. The largest absolute Gasteiger partial charge is 0.485 e. The van der Waals surface area contributed by atoms with E-state index in [1.807, 2.05) is 59.1 Å². The zero-order valence-electron chi connectivity index (χ0n) is 22.5. The lowest BCUT2D eigenvalue weighted by atomic mass is 9.92. The molecule has 0 aliphatic rings. The number of aromatic nitrogens is 4. The highest BCUT2D eigenvalue weighted by Crippen LogP contribution is 2.35. The first-order chi connectivity index (χ1) is 17.7. The van der Waals surface area contributed by atoms with E-state index in [0.29, 0.717) is 33.5 Å². The van der Waals surface area contributed by atoms with Gasteiger partial charge in [0.1, 0.15) is 28.9 Å². The number of hydrogen-bond donors (Lipinski definition) is 1. The van der Waals surface area contributed by atoms with Gasteiger partial charge in [0.05, 0.1) is 11.3 Å². The summed E-state index contributed by atoms with van der Waals surface area (Å²) in [4.78, 5) is 18.1. The third-order valence-corrected chi connectivity index (χ3v) is 7.08. The molecular weight excluding hydrogens is 512 g/mol. The third kappa shape index (κ3) is 5.33. The molecule has 0 aliphatic heterocycles. The Morgan fingerprint density at radius 3 is 2.39 bits per heavy atom. The summed E-state index contributed by atoms with van der Waals surface area (Å²) in [6.07, 6.45) is 1.27. The Labute approximate surface area is 223 Å². The lowest BCUT2D eigenvalue weighted by molar-refractivity contribution is 0.0333. The molecule has 0 atom stereocenters. The number of benzene rings is 1. The second-order valence-electron chi connectivity index (χ2n) is 10.9. The third-order valence-electron chi connectivity index (χ3n) is 6.15. The van der Waals surface area contributed by atoms with Crippen molar-refractivity contribution in [2.45, 2.75) is 72.6 Å². The number of rotatable bonds is 7. The fourth-order valence-electron chi connectivity index (χ4n) is 4.87. The summed E-state index contributed by atoms with van der Waals surface area (Å²) in [5.41, 5.74) is 1.27. The smallest absolute Gasteiger partial charge is 0.408 e. The summed E-state index contributed by atoms with van der Waals surface area (Å²) in [5, 5.41) is 19.9. The second kappa shape index (κ2) is 9.94. The molecule has 3 heterocycles. The van der Waals surface area contributed by atoms with Crippen LogP contribution in [0.25, 0.3) is 16.3 Å². The lowest BCUT2D eigenvalue weighted by Gasteiger charge is -2.44. The van der Waals surface area contributed by atoms with Gasteiger partial charge in [-0.05, 0) is 72.2 Å². The summed E-state index contributed by atoms with van der Waals surface area (Å²) < 4.78 is 35.9. The first kappa shape index (κ1) is 27.4. The number of imidazole rings is 1. The predicted molar refractivity (Wildman–Crippen MR) is 142 cm³/mol. The fourth-order valence-corrected chi connectivity index (χ4v) is 6.02. The zero-order chi connectivity index (χ0) is 28.0. The number of nitrogens with zero attached hydrogens (tertiary/aromatic N) is 5. The molecule has 0 unspecified atom stereocenters. The molecule has 38 heavy (non-hydrogen) atoms. The van der Waals surface area contributed by atoms with Crippen LogP contribution < -0.4 is 4.74 Å². The van der Waals surface area contributed by atoms with Crippen LogP contribution >= 0.6 is 11.3 Å². The van der Waals surface area contributed by atoms with Crippen molar-refractivity contribution in [2.24, 2.45) is 0 Å². The quantitative estimate of drug-likeness (QED) is 0.289. The van der Waals surface area contributed by atoms with Gasteiger partial charge in [-0.25, -0.2) is 18.6 Å². The van der Waals surface area contributed by atoms with E-state index in [4.69, 9.17) is 4.74 Å².